The zero-order valence-corrected chi connectivity index (χ0v) is 17.8. The van der Waals surface area contributed by atoms with Crippen LogP contribution < -0.4 is 0 Å². The topological polar surface area (TPSA) is 132 Å². The Bertz CT molecular complexity index is 1380. The molecule has 0 saturated heterocycles. The van der Waals surface area contributed by atoms with Crippen LogP contribution in [0.2, 0.25) is 0 Å². The lowest BCUT2D eigenvalue weighted by Gasteiger charge is -2.34. The fourth-order valence-electron chi connectivity index (χ4n) is 4.25. The van der Waals surface area contributed by atoms with Gasteiger partial charge in [-0.2, -0.15) is 0 Å². The number of carbonyl (C=O) groups excluding carboxylic acids is 2. The van der Waals surface area contributed by atoms with Crippen molar-refractivity contribution in [3.05, 3.63) is 113 Å². The van der Waals surface area contributed by atoms with E-state index in [1.165, 1.54) is 60.7 Å². The van der Waals surface area contributed by atoms with Gasteiger partial charge in [0.1, 0.15) is 22.8 Å². The number of benzene rings is 3. The molecule has 3 aromatic rings. The second-order valence-corrected chi connectivity index (χ2v) is 7.90. The number of carboxylic acids is 1. The first-order chi connectivity index (χ1) is 16.3. The van der Waals surface area contributed by atoms with Crippen LogP contribution in [0.25, 0.3) is 0 Å². The number of phenols is 3. The van der Waals surface area contributed by atoms with E-state index >= 15 is 0 Å². The predicted molar refractivity (Wildman–Crippen MR) is 123 cm³/mol. The van der Waals surface area contributed by atoms with Crippen molar-refractivity contribution in [2.45, 2.75) is 11.8 Å². The molecule has 1 atom stereocenters. The molecular formula is C27H20O7. The predicted octanol–water partition coefficient (Wildman–Crippen LogP) is 4.39. The van der Waals surface area contributed by atoms with E-state index in [2.05, 4.69) is 0 Å². The number of ketones is 2. The highest BCUT2D eigenvalue weighted by molar-refractivity contribution is 6.14. The number of para-hydroxylation sites is 2. The maximum atomic E-state index is 13.9. The Kier molecular flexibility index (Phi) is 5.77. The first-order valence-electron chi connectivity index (χ1n) is 10.4. The van der Waals surface area contributed by atoms with Crippen LogP contribution in [-0.4, -0.2) is 38.0 Å². The lowest BCUT2D eigenvalue weighted by molar-refractivity contribution is 0.0691. The van der Waals surface area contributed by atoms with Crippen LogP contribution in [0.4, 0.5) is 0 Å². The smallest absolute Gasteiger partial charge is 0.339 e. The molecule has 1 aliphatic carbocycles. The molecule has 170 valence electrons. The summed E-state index contributed by atoms with van der Waals surface area (Å²) in [7, 11) is 0. The first-order valence-corrected chi connectivity index (χ1v) is 10.4. The highest BCUT2D eigenvalue weighted by Crippen LogP contribution is 2.44. The van der Waals surface area contributed by atoms with E-state index in [0.29, 0.717) is 0 Å². The van der Waals surface area contributed by atoms with E-state index in [9.17, 15) is 34.8 Å². The first kappa shape index (κ1) is 22.5. The molecule has 0 heterocycles. The quantitative estimate of drug-likeness (QED) is 0.404. The summed E-state index contributed by atoms with van der Waals surface area (Å²) >= 11 is 0. The van der Waals surface area contributed by atoms with Gasteiger partial charge in [-0.25, -0.2) is 4.79 Å². The average molecular weight is 456 g/mol. The molecule has 0 spiro atoms. The zero-order chi connectivity index (χ0) is 24.5. The van der Waals surface area contributed by atoms with Crippen LogP contribution in [-0.2, 0) is 5.41 Å². The van der Waals surface area contributed by atoms with Crippen molar-refractivity contribution >= 4 is 17.5 Å². The van der Waals surface area contributed by atoms with E-state index < -0.39 is 34.3 Å². The Hall–Kier alpha value is -4.65. The highest BCUT2D eigenvalue weighted by Gasteiger charge is 2.45. The third-order valence-corrected chi connectivity index (χ3v) is 5.88. The third-order valence-electron chi connectivity index (χ3n) is 5.88. The summed E-state index contributed by atoms with van der Waals surface area (Å²) in [6, 6.07) is 15.8. The SMILES string of the molecule is O=C(C1=CC=CC(C(=O)c2ccccc2O)(c2cccc(O)c2C(=O)O)C1)c1ccccc1O. The summed E-state index contributed by atoms with van der Waals surface area (Å²) in [5.41, 5.74) is -2.12. The maximum Gasteiger partial charge on any atom is 0.339 e. The zero-order valence-electron chi connectivity index (χ0n) is 17.8. The molecule has 34 heavy (non-hydrogen) atoms. The number of rotatable bonds is 6. The van der Waals surface area contributed by atoms with Crippen molar-refractivity contribution in [3.8, 4) is 17.2 Å². The Balaban J connectivity index is 1.93. The summed E-state index contributed by atoms with van der Waals surface area (Å²) in [5, 5.41) is 40.7. The van der Waals surface area contributed by atoms with E-state index in [1.54, 1.807) is 24.3 Å². The molecule has 0 radical (unpaired) electrons. The summed E-state index contributed by atoms with van der Waals surface area (Å²) in [6.07, 6.45) is 4.16. The molecule has 0 aromatic heterocycles. The van der Waals surface area contributed by atoms with E-state index in [0.717, 1.165) is 0 Å². The van der Waals surface area contributed by atoms with Crippen LogP contribution in [0.5, 0.6) is 17.2 Å². The summed E-state index contributed by atoms with van der Waals surface area (Å²) < 4.78 is 0. The van der Waals surface area contributed by atoms with Crippen molar-refractivity contribution in [1.29, 1.82) is 0 Å². The number of carboxylic acid groups (broad SMARTS) is 1. The van der Waals surface area contributed by atoms with E-state index in [1.807, 2.05) is 0 Å². The third kappa shape index (κ3) is 3.73. The number of phenolic OH excluding ortho intramolecular Hbond substituents is 2. The molecule has 0 fully saturated rings. The van der Waals surface area contributed by atoms with Crippen LogP contribution in [0, 0.1) is 0 Å². The normalized spacial score (nSPS) is 17.1. The standard InChI is InChI=1S/C27H20O7/c28-20-11-3-1-8-17(20)24(31)16-7-6-14-27(15-16,25(32)18-9-2-4-12-21(18)29)19-10-5-13-22(30)23(19)26(33)34/h1-14,28-30H,15H2,(H,33,34). The molecule has 0 amide bonds. The lowest BCUT2D eigenvalue weighted by atomic mass is 9.66. The Morgan fingerprint density at radius 1 is 0.735 bits per heavy atom. The van der Waals surface area contributed by atoms with Gasteiger partial charge in [-0.05, 0) is 42.3 Å². The number of aromatic carboxylic acids is 1. The van der Waals surface area contributed by atoms with Crippen LogP contribution in [0.1, 0.15) is 43.1 Å². The lowest BCUT2D eigenvalue weighted by Crippen LogP contribution is -2.38. The summed E-state index contributed by atoms with van der Waals surface area (Å²) in [4.78, 5) is 39.3. The number of hydrogen-bond acceptors (Lipinski definition) is 6. The van der Waals surface area contributed by atoms with Crippen molar-refractivity contribution in [1.82, 2.24) is 0 Å². The summed E-state index contributed by atoms with van der Waals surface area (Å²) in [5.74, 6) is -3.70. The van der Waals surface area contributed by atoms with Gasteiger partial charge in [-0.15, -0.1) is 0 Å². The molecule has 1 unspecified atom stereocenters. The van der Waals surface area contributed by atoms with Gasteiger partial charge in [0.25, 0.3) is 0 Å². The molecule has 4 rings (SSSR count). The maximum absolute atomic E-state index is 13.9. The highest BCUT2D eigenvalue weighted by atomic mass is 16.4. The Morgan fingerprint density at radius 3 is 1.94 bits per heavy atom. The molecule has 7 nitrogen and oxygen atoms in total. The average Bonchev–Trinajstić information content (AvgIpc) is 2.83. The molecule has 7 heteroatoms. The molecule has 0 aliphatic heterocycles. The minimum absolute atomic E-state index is 0.0276. The Morgan fingerprint density at radius 2 is 1.32 bits per heavy atom. The van der Waals surface area contributed by atoms with Crippen LogP contribution in [0.3, 0.4) is 0 Å². The summed E-state index contributed by atoms with van der Waals surface area (Å²) in [6.45, 7) is 0. The van der Waals surface area contributed by atoms with Crippen molar-refractivity contribution in [2.24, 2.45) is 0 Å². The van der Waals surface area contributed by atoms with E-state index in [4.69, 9.17) is 0 Å². The van der Waals surface area contributed by atoms with Crippen molar-refractivity contribution in [3.63, 3.8) is 0 Å². The fourth-order valence-corrected chi connectivity index (χ4v) is 4.25. The minimum atomic E-state index is -1.73. The second-order valence-electron chi connectivity index (χ2n) is 7.90. The van der Waals surface area contributed by atoms with E-state index in [-0.39, 0.29) is 40.2 Å². The van der Waals surface area contributed by atoms with Gasteiger partial charge in [-0.3, -0.25) is 9.59 Å². The largest absolute Gasteiger partial charge is 0.507 e. The molecule has 1 aliphatic rings. The number of aromatic hydroxyl groups is 3. The fraction of sp³-hybridized carbons (Fsp3) is 0.0741. The van der Waals surface area contributed by atoms with Gasteiger partial charge in [0.15, 0.2) is 11.6 Å². The second kappa shape index (κ2) is 8.71. The van der Waals surface area contributed by atoms with Gasteiger partial charge < -0.3 is 20.4 Å². The monoisotopic (exact) mass is 456 g/mol. The molecular weight excluding hydrogens is 436 g/mol. The molecule has 0 bridgehead atoms. The molecule has 4 N–H and O–H groups in total. The number of Topliss-reactive ketones (excluding diaryl/α,β-unsaturated/α-hetero) is 2. The van der Waals surface area contributed by atoms with Gasteiger partial charge in [0.05, 0.1) is 16.5 Å². The number of allylic oxidation sites excluding steroid dienone is 4. The van der Waals surface area contributed by atoms with Crippen LogP contribution >= 0.6 is 0 Å². The van der Waals surface area contributed by atoms with Crippen molar-refractivity contribution < 1.29 is 34.8 Å². The van der Waals surface area contributed by atoms with Gasteiger partial charge >= 0.3 is 5.97 Å². The van der Waals surface area contributed by atoms with Gasteiger partial charge in [-0.1, -0.05) is 54.6 Å². The number of hydrogen-bond donors (Lipinski definition) is 4. The number of carbonyl (C=O) groups is 3. The molecule has 3 aromatic carbocycles. The molecule has 0 saturated carbocycles. The van der Waals surface area contributed by atoms with Crippen molar-refractivity contribution in [2.75, 3.05) is 0 Å². The van der Waals surface area contributed by atoms with Gasteiger partial charge in [0, 0.05) is 5.57 Å². The van der Waals surface area contributed by atoms with Gasteiger partial charge in [0.2, 0.25) is 0 Å². The Labute approximate surface area is 194 Å². The minimum Gasteiger partial charge on any atom is -0.507 e. The van der Waals surface area contributed by atoms with Crippen LogP contribution in [0.15, 0.2) is 90.5 Å².